The quantitative estimate of drug-likeness (QED) is 0.751. The summed E-state index contributed by atoms with van der Waals surface area (Å²) in [5, 5.41) is 10.7. The molecule has 1 N–H and O–H groups in total. The molecule has 2 saturated carbocycles. The van der Waals surface area contributed by atoms with Crippen LogP contribution in [0.4, 0.5) is 0 Å². The van der Waals surface area contributed by atoms with E-state index in [1.54, 1.807) is 0 Å². The number of hydrogen-bond acceptors (Lipinski definition) is 4. The van der Waals surface area contributed by atoms with Crippen LogP contribution in [0.1, 0.15) is 32.6 Å². The zero-order chi connectivity index (χ0) is 12.1. The molecule has 3 aliphatic rings. The van der Waals surface area contributed by atoms with Gasteiger partial charge in [0.1, 0.15) is 11.0 Å². The van der Waals surface area contributed by atoms with Gasteiger partial charge in [-0.15, -0.1) is 0 Å². The molecule has 3 rings (SSSR count). The van der Waals surface area contributed by atoms with E-state index >= 15 is 0 Å². The summed E-state index contributed by atoms with van der Waals surface area (Å²) < 4.78 is 10.4. The van der Waals surface area contributed by atoms with Crippen LogP contribution in [0.2, 0.25) is 0 Å². The fraction of sp³-hybridized carbons (Fsp3) is 0.923. The van der Waals surface area contributed by atoms with Gasteiger partial charge in [-0.25, -0.2) is 0 Å². The molecule has 4 heteroatoms. The monoisotopic (exact) mass is 240 g/mol. The number of aliphatic hydroxyl groups is 1. The average molecular weight is 240 g/mol. The Morgan fingerprint density at radius 2 is 2.24 bits per heavy atom. The molecule has 2 aliphatic carbocycles. The van der Waals surface area contributed by atoms with E-state index < -0.39 is 11.0 Å². The maximum absolute atomic E-state index is 12.4. The van der Waals surface area contributed by atoms with E-state index in [1.807, 2.05) is 6.92 Å². The molecule has 1 saturated heterocycles. The molecule has 3 unspecified atom stereocenters. The lowest BCUT2D eigenvalue weighted by Gasteiger charge is -2.52. The van der Waals surface area contributed by atoms with Crippen LogP contribution in [0, 0.1) is 17.3 Å². The molecule has 0 radical (unpaired) electrons. The fourth-order valence-electron chi connectivity index (χ4n) is 4.15. The Morgan fingerprint density at radius 1 is 1.47 bits per heavy atom. The van der Waals surface area contributed by atoms with Crippen LogP contribution in [-0.2, 0) is 14.3 Å². The van der Waals surface area contributed by atoms with Gasteiger partial charge in [0.15, 0.2) is 0 Å². The molecule has 0 aromatic rings. The SMILES string of the molecule is CCOC(=O)C1(C2(O)COC2)CC2CCC1C2. The third kappa shape index (κ3) is 1.34. The van der Waals surface area contributed by atoms with E-state index in [-0.39, 0.29) is 19.2 Å². The molecule has 0 aromatic carbocycles. The van der Waals surface area contributed by atoms with Gasteiger partial charge in [0, 0.05) is 0 Å². The molecule has 0 amide bonds. The minimum absolute atomic E-state index is 0.196. The minimum atomic E-state index is -0.973. The summed E-state index contributed by atoms with van der Waals surface area (Å²) in [5.74, 6) is 0.687. The van der Waals surface area contributed by atoms with Crippen molar-refractivity contribution in [1.29, 1.82) is 0 Å². The largest absolute Gasteiger partial charge is 0.465 e. The third-order valence-corrected chi connectivity index (χ3v) is 5.00. The summed E-state index contributed by atoms with van der Waals surface area (Å²) in [7, 11) is 0. The number of carbonyl (C=O) groups excluding carboxylic acids is 1. The van der Waals surface area contributed by atoms with Crippen LogP contribution >= 0.6 is 0 Å². The van der Waals surface area contributed by atoms with Gasteiger partial charge in [-0.1, -0.05) is 6.42 Å². The normalized spacial score (nSPS) is 42.2. The Morgan fingerprint density at radius 3 is 2.65 bits per heavy atom. The molecule has 4 nitrogen and oxygen atoms in total. The van der Waals surface area contributed by atoms with Crippen molar-refractivity contribution in [3.8, 4) is 0 Å². The predicted molar refractivity (Wildman–Crippen MR) is 60.3 cm³/mol. The van der Waals surface area contributed by atoms with Crippen molar-refractivity contribution < 1.29 is 19.4 Å². The van der Waals surface area contributed by atoms with Gasteiger partial charge in [0.2, 0.25) is 0 Å². The molecule has 3 fully saturated rings. The number of esters is 1. The smallest absolute Gasteiger partial charge is 0.315 e. The van der Waals surface area contributed by atoms with Crippen LogP contribution < -0.4 is 0 Å². The van der Waals surface area contributed by atoms with Crippen LogP contribution in [0.25, 0.3) is 0 Å². The van der Waals surface area contributed by atoms with Crippen molar-refractivity contribution in [2.75, 3.05) is 19.8 Å². The molecule has 17 heavy (non-hydrogen) atoms. The molecule has 96 valence electrons. The van der Waals surface area contributed by atoms with Crippen LogP contribution in [-0.4, -0.2) is 36.5 Å². The number of fused-ring (bicyclic) bond motifs is 2. The van der Waals surface area contributed by atoms with Crippen molar-refractivity contribution >= 4 is 5.97 Å². The second-order valence-electron chi connectivity index (χ2n) is 5.80. The first kappa shape index (κ1) is 11.5. The first-order chi connectivity index (χ1) is 8.12. The molecule has 1 heterocycles. The zero-order valence-electron chi connectivity index (χ0n) is 10.3. The Hall–Kier alpha value is -0.610. The summed E-state index contributed by atoms with van der Waals surface area (Å²) in [6, 6.07) is 0. The predicted octanol–water partition coefficient (Wildman–Crippen LogP) is 1.12. The lowest BCUT2D eigenvalue weighted by atomic mass is 9.61. The van der Waals surface area contributed by atoms with E-state index in [0.29, 0.717) is 18.4 Å². The molecule has 0 aromatic heterocycles. The molecular weight excluding hydrogens is 220 g/mol. The van der Waals surface area contributed by atoms with E-state index in [4.69, 9.17) is 9.47 Å². The summed E-state index contributed by atoms with van der Waals surface area (Å²) in [6.07, 6.45) is 4.10. The summed E-state index contributed by atoms with van der Waals surface area (Å²) in [4.78, 5) is 12.4. The van der Waals surface area contributed by atoms with Crippen molar-refractivity contribution in [3.05, 3.63) is 0 Å². The molecule has 1 aliphatic heterocycles. The average Bonchev–Trinajstić information content (AvgIpc) is 2.86. The van der Waals surface area contributed by atoms with Crippen LogP contribution in [0.15, 0.2) is 0 Å². The Labute approximate surface area is 101 Å². The standard InChI is InChI=1S/C13H20O4/c1-2-17-11(14)13(12(15)7-16-8-12)6-9-3-4-10(13)5-9/h9-10,15H,2-8H2,1H3. The molecular formula is C13H20O4. The van der Waals surface area contributed by atoms with Crippen molar-refractivity contribution in [2.24, 2.45) is 17.3 Å². The second-order valence-corrected chi connectivity index (χ2v) is 5.80. The maximum Gasteiger partial charge on any atom is 0.315 e. The Bertz CT molecular complexity index is 336. The second kappa shape index (κ2) is 3.69. The van der Waals surface area contributed by atoms with E-state index in [1.165, 1.54) is 6.42 Å². The van der Waals surface area contributed by atoms with E-state index in [2.05, 4.69) is 0 Å². The Kier molecular flexibility index (Phi) is 2.49. The van der Waals surface area contributed by atoms with E-state index in [0.717, 1.165) is 19.3 Å². The molecule has 0 spiro atoms. The summed E-state index contributed by atoms with van der Waals surface area (Å²) in [5.41, 5.74) is -1.65. The van der Waals surface area contributed by atoms with Crippen molar-refractivity contribution in [1.82, 2.24) is 0 Å². The number of carbonyl (C=O) groups is 1. The highest BCUT2D eigenvalue weighted by Gasteiger charge is 2.69. The first-order valence-corrected chi connectivity index (χ1v) is 6.60. The third-order valence-electron chi connectivity index (χ3n) is 5.00. The van der Waals surface area contributed by atoms with Gasteiger partial charge in [-0.05, 0) is 38.0 Å². The summed E-state index contributed by atoms with van der Waals surface area (Å²) >= 11 is 0. The lowest BCUT2D eigenvalue weighted by Crippen LogP contribution is -2.66. The van der Waals surface area contributed by atoms with E-state index in [9.17, 15) is 9.90 Å². The summed E-state index contributed by atoms with van der Waals surface area (Å²) in [6.45, 7) is 2.78. The number of hydrogen-bond donors (Lipinski definition) is 1. The Balaban J connectivity index is 1.93. The van der Waals surface area contributed by atoms with Gasteiger partial charge >= 0.3 is 5.97 Å². The highest BCUT2D eigenvalue weighted by Crippen LogP contribution is 2.62. The fourth-order valence-corrected chi connectivity index (χ4v) is 4.15. The van der Waals surface area contributed by atoms with Crippen molar-refractivity contribution in [2.45, 2.75) is 38.2 Å². The maximum atomic E-state index is 12.4. The zero-order valence-corrected chi connectivity index (χ0v) is 10.3. The lowest BCUT2D eigenvalue weighted by molar-refractivity contribution is -0.257. The molecule has 3 atom stereocenters. The molecule has 2 bridgehead atoms. The highest BCUT2D eigenvalue weighted by atomic mass is 16.6. The van der Waals surface area contributed by atoms with Gasteiger partial charge in [-0.3, -0.25) is 4.79 Å². The van der Waals surface area contributed by atoms with Gasteiger partial charge < -0.3 is 14.6 Å². The highest BCUT2D eigenvalue weighted by molar-refractivity contribution is 5.80. The van der Waals surface area contributed by atoms with Gasteiger partial charge in [0.25, 0.3) is 0 Å². The first-order valence-electron chi connectivity index (χ1n) is 6.60. The number of rotatable bonds is 3. The minimum Gasteiger partial charge on any atom is -0.465 e. The van der Waals surface area contributed by atoms with Crippen molar-refractivity contribution in [3.63, 3.8) is 0 Å². The topological polar surface area (TPSA) is 55.8 Å². The van der Waals surface area contributed by atoms with Crippen LogP contribution in [0.3, 0.4) is 0 Å². The van der Waals surface area contributed by atoms with Gasteiger partial charge in [0.05, 0.1) is 19.8 Å². The van der Waals surface area contributed by atoms with Crippen LogP contribution in [0.5, 0.6) is 0 Å². The van der Waals surface area contributed by atoms with Gasteiger partial charge in [-0.2, -0.15) is 0 Å². The number of ether oxygens (including phenoxy) is 2.